The number of benzene rings is 2. The number of hydrogen-bond acceptors (Lipinski definition) is 7. The smallest absolute Gasteiger partial charge is 1.00 e. The van der Waals surface area contributed by atoms with Crippen molar-refractivity contribution in [2.75, 3.05) is 36.8 Å². The molecule has 0 amide bonds. The summed E-state index contributed by atoms with van der Waals surface area (Å²) < 4.78 is 80.7. The summed E-state index contributed by atoms with van der Waals surface area (Å²) in [5.74, 6) is 0. The van der Waals surface area contributed by atoms with E-state index in [2.05, 4.69) is 69.4 Å². The van der Waals surface area contributed by atoms with Crippen LogP contribution in [0, 0.1) is 7.40 Å². The van der Waals surface area contributed by atoms with E-state index in [0.29, 0.717) is 41.4 Å². The number of piperidine rings is 2. The van der Waals surface area contributed by atoms with Gasteiger partial charge in [0.25, 0.3) is 6.47 Å². The number of fused-ring (bicyclic) bond motifs is 2. The summed E-state index contributed by atoms with van der Waals surface area (Å²) in [7, 11) is 0. The van der Waals surface area contributed by atoms with Gasteiger partial charge in [0.1, 0.15) is 13.1 Å². The van der Waals surface area contributed by atoms with E-state index in [1.807, 2.05) is 81.6 Å². The SMILES string of the molecule is CC(C)Br.CC(C)N1CCC(Nc2cccc3c2cc(I)n3CC(F)(F)F)CC1.FC(F)(F)Cn1c(I)cc2c(NC3CCNCC3)cccc21.O=CO[O-].[H-].[K+].[K+]. The molecule has 2 aliphatic heterocycles. The first kappa shape index (κ1) is 56.3. The van der Waals surface area contributed by atoms with Crippen molar-refractivity contribution in [1.29, 1.82) is 0 Å². The monoisotopic (exact) mass is 1150 g/mol. The molecule has 2 fully saturated rings. The summed E-state index contributed by atoms with van der Waals surface area (Å²) >= 11 is 7.22. The van der Waals surface area contributed by atoms with Gasteiger partial charge in [-0.05, 0) is 134 Å². The van der Waals surface area contributed by atoms with Crippen molar-refractivity contribution in [3.05, 3.63) is 55.9 Å². The number of anilines is 2. The number of halogens is 9. The van der Waals surface area contributed by atoms with Crippen molar-refractivity contribution in [3.8, 4) is 0 Å². The maximum absolute atomic E-state index is 12.9. The van der Waals surface area contributed by atoms with Crippen LogP contribution < -0.4 is 124 Å². The Hall–Kier alpha value is 1.26. The molecule has 57 heavy (non-hydrogen) atoms. The molecule has 2 aliphatic rings. The number of nitrogens with zero attached hydrogens (tertiary/aromatic N) is 3. The van der Waals surface area contributed by atoms with E-state index in [4.69, 9.17) is 10.1 Å². The Morgan fingerprint density at radius 1 is 0.825 bits per heavy atom. The molecule has 0 radical (unpaired) electrons. The van der Waals surface area contributed by atoms with Gasteiger partial charge in [0.15, 0.2) is 0 Å². The maximum Gasteiger partial charge on any atom is 1.00 e. The number of carbonyl (C=O) groups is 1. The molecule has 4 heterocycles. The van der Waals surface area contributed by atoms with Gasteiger partial charge < -0.3 is 41.6 Å². The standard InChI is InChI=1S/C18H23F3IN3.C15H17F3IN3.C3H7Br.CH2O3.2K.H/c1-12(2)24-8-6-13(7-9-24)23-15-4-3-5-16-14(15)10-17(22)25(16)11-18(19,20)21;16-15(17,18)9-22-13-3-1-2-12(11(13)8-14(22)19)21-10-4-6-20-7-5-10;1-3(2)4;2-1-4-3;;;/h3-5,10,12-13,23H,6-9,11H2,1-2H3;1-3,8,10,20-21H,4-7,9H2;3H,1-2H3;1,3H;;;/q;;;;2*+1;-1/p-1. The van der Waals surface area contributed by atoms with Crippen LogP contribution >= 0.6 is 61.1 Å². The molecule has 0 atom stereocenters. The third-order valence-electron chi connectivity index (χ3n) is 8.82. The van der Waals surface area contributed by atoms with Crippen LogP contribution in [0.2, 0.25) is 0 Å². The molecule has 9 nitrogen and oxygen atoms in total. The minimum absolute atomic E-state index is 0. The summed E-state index contributed by atoms with van der Waals surface area (Å²) in [5, 5.41) is 20.5. The third kappa shape index (κ3) is 19.7. The van der Waals surface area contributed by atoms with Crippen LogP contribution in [0.4, 0.5) is 37.7 Å². The summed E-state index contributed by atoms with van der Waals surface area (Å²) in [6.07, 6.45) is -4.29. The first-order valence-electron chi connectivity index (χ1n) is 17.9. The number of hydrogen-bond donors (Lipinski definition) is 3. The van der Waals surface area contributed by atoms with E-state index in [9.17, 15) is 26.3 Å². The van der Waals surface area contributed by atoms with Crippen molar-refractivity contribution in [2.45, 2.75) is 102 Å². The summed E-state index contributed by atoms with van der Waals surface area (Å²) in [5.41, 5.74) is 3.11. The Bertz CT molecular complexity index is 1790. The van der Waals surface area contributed by atoms with Gasteiger partial charge in [-0.3, -0.25) is 4.79 Å². The molecule has 6 rings (SSSR count). The van der Waals surface area contributed by atoms with E-state index in [-0.39, 0.29) is 111 Å². The van der Waals surface area contributed by atoms with Crippen molar-refractivity contribution in [3.63, 3.8) is 0 Å². The van der Waals surface area contributed by atoms with Gasteiger partial charge in [-0.15, -0.1) is 0 Å². The van der Waals surface area contributed by atoms with Crippen molar-refractivity contribution in [2.24, 2.45) is 0 Å². The third-order valence-corrected chi connectivity index (χ3v) is 10.6. The van der Waals surface area contributed by atoms with Crippen molar-refractivity contribution >= 4 is 101 Å². The molecule has 0 aliphatic carbocycles. The number of carbonyl (C=O) groups excluding carboxylic acids is 1. The number of rotatable bonds is 8. The maximum atomic E-state index is 12.9. The van der Waals surface area contributed by atoms with Crippen LogP contribution in [-0.4, -0.2) is 82.0 Å². The van der Waals surface area contributed by atoms with E-state index >= 15 is 0 Å². The zero-order chi connectivity index (χ0) is 40.9. The molecule has 310 valence electrons. The fourth-order valence-electron chi connectivity index (χ4n) is 6.40. The fraction of sp³-hybridized carbons (Fsp3) is 0.541. The van der Waals surface area contributed by atoms with Gasteiger partial charge in [-0.1, -0.05) is 41.9 Å². The van der Waals surface area contributed by atoms with Gasteiger partial charge in [0, 0.05) is 58.2 Å². The summed E-state index contributed by atoms with van der Waals surface area (Å²) in [6, 6.07) is 16.0. The van der Waals surface area contributed by atoms with Crippen LogP contribution in [-0.2, 0) is 22.8 Å². The Labute approximate surface area is 452 Å². The zero-order valence-electron chi connectivity index (χ0n) is 34.0. The molecular formula is C37H49BrF6I2K2N6O3. The van der Waals surface area contributed by atoms with Gasteiger partial charge in [-0.25, -0.2) is 0 Å². The van der Waals surface area contributed by atoms with Gasteiger partial charge >= 0.3 is 115 Å². The van der Waals surface area contributed by atoms with Crippen molar-refractivity contribution < 1.29 is 145 Å². The normalized spacial score (nSPS) is 15.3. The second kappa shape index (κ2) is 27.4. The molecular weight excluding hydrogens is 1100 g/mol. The van der Waals surface area contributed by atoms with Crippen LogP contribution in [0.3, 0.4) is 0 Å². The van der Waals surface area contributed by atoms with Gasteiger partial charge in [0.05, 0.1) is 18.4 Å². The molecule has 2 saturated heterocycles. The van der Waals surface area contributed by atoms with Crippen LogP contribution in [0.1, 0.15) is 54.8 Å². The quantitative estimate of drug-likeness (QED) is 0.0474. The molecule has 4 aromatic rings. The number of alkyl halides is 7. The Morgan fingerprint density at radius 2 is 1.19 bits per heavy atom. The second-order valence-electron chi connectivity index (χ2n) is 13.7. The second-order valence-corrected chi connectivity index (χ2v) is 17.8. The Balaban J connectivity index is 0.000000910. The van der Waals surface area contributed by atoms with E-state index < -0.39 is 25.4 Å². The van der Waals surface area contributed by atoms with Gasteiger partial charge in [0.2, 0.25) is 0 Å². The Morgan fingerprint density at radius 3 is 1.53 bits per heavy atom. The predicted molar refractivity (Wildman–Crippen MR) is 227 cm³/mol. The predicted octanol–water partition coefficient (Wildman–Crippen LogP) is 3.41. The minimum Gasteiger partial charge on any atom is -1.00 e. The molecule has 20 heteroatoms. The largest absolute Gasteiger partial charge is 1.00 e. The Kier molecular flexibility index (Phi) is 27.1. The molecule has 0 spiro atoms. The average Bonchev–Trinajstić information content (AvgIpc) is 3.59. The van der Waals surface area contributed by atoms with E-state index in [1.54, 1.807) is 12.1 Å². The molecule has 0 saturated carbocycles. The van der Waals surface area contributed by atoms with E-state index in [0.717, 1.165) is 74.0 Å². The number of aromatic nitrogens is 2. The van der Waals surface area contributed by atoms with Gasteiger partial charge in [-0.2, -0.15) is 26.3 Å². The van der Waals surface area contributed by atoms with Crippen molar-refractivity contribution in [1.82, 2.24) is 19.4 Å². The molecule has 2 aromatic heterocycles. The van der Waals surface area contributed by atoms with Crippen LogP contribution in [0.25, 0.3) is 21.8 Å². The first-order valence-corrected chi connectivity index (χ1v) is 20.9. The fourth-order valence-corrected chi connectivity index (χ4v) is 7.89. The summed E-state index contributed by atoms with van der Waals surface area (Å²) in [6.45, 7) is 10.5. The molecule has 2 aromatic carbocycles. The molecule has 3 N–H and O–H groups in total. The van der Waals surface area contributed by atoms with E-state index in [1.165, 1.54) is 9.13 Å². The zero-order valence-corrected chi connectivity index (χ0v) is 45.2. The topological polar surface area (TPSA) is 98.5 Å². The van der Waals surface area contributed by atoms with Crippen LogP contribution in [0.15, 0.2) is 48.5 Å². The number of nitrogens with one attached hydrogen (secondary N) is 3. The minimum atomic E-state index is -4.22. The molecule has 0 bridgehead atoms. The van der Waals surface area contributed by atoms with Crippen LogP contribution in [0.5, 0.6) is 0 Å². The summed E-state index contributed by atoms with van der Waals surface area (Å²) in [4.78, 5) is 14.4. The average molecular weight is 1150 g/mol. The first-order chi connectivity index (χ1) is 25.8. The molecule has 0 unspecified atom stereocenters. The number of likely N-dealkylation sites (tertiary alicyclic amines) is 1.